The van der Waals surface area contributed by atoms with Crippen molar-refractivity contribution in [3.8, 4) is 11.4 Å². The summed E-state index contributed by atoms with van der Waals surface area (Å²) in [6.45, 7) is 4.11. The maximum Gasteiger partial charge on any atom is 0.267 e. The van der Waals surface area contributed by atoms with Gasteiger partial charge in [0.15, 0.2) is 23.3 Å². The van der Waals surface area contributed by atoms with Crippen LogP contribution in [0.15, 0.2) is 30.3 Å². The van der Waals surface area contributed by atoms with Crippen molar-refractivity contribution in [2.24, 2.45) is 0 Å². The number of hydrogen-bond acceptors (Lipinski definition) is 4. The highest BCUT2D eigenvalue weighted by Crippen LogP contribution is 2.36. The van der Waals surface area contributed by atoms with Crippen LogP contribution in [0.2, 0.25) is 0 Å². The number of aromatic nitrogens is 2. The summed E-state index contributed by atoms with van der Waals surface area (Å²) in [5.41, 5.74) is 1.50. The first-order chi connectivity index (χ1) is 15.8. The fourth-order valence-corrected chi connectivity index (χ4v) is 4.27. The fraction of sp³-hybridized carbons (Fsp3) is 0.304. The van der Waals surface area contributed by atoms with Crippen molar-refractivity contribution in [2.75, 3.05) is 19.6 Å². The van der Waals surface area contributed by atoms with E-state index in [1.807, 2.05) is 6.92 Å². The highest BCUT2D eigenvalue weighted by Gasteiger charge is 2.31. The van der Waals surface area contributed by atoms with E-state index in [2.05, 4.69) is 9.88 Å². The fourth-order valence-electron chi connectivity index (χ4n) is 4.27. The number of carbonyl (C=O) groups excluding carboxylic acids is 1. The molecule has 0 spiro atoms. The minimum atomic E-state index is -1.90. The number of likely N-dealkylation sites (tertiary alicyclic amines) is 1. The highest BCUT2D eigenvalue weighted by atomic mass is 19.2. The molecule has 0 saturated carbocycles. The number of carbonyl (C=O) groups is 1. The van der Waals surface area contributed by atoms with Crippen LogP contribution in [0.25, 0.3) is 28.5 Å². The third-order valence-electron chi connectivity index (χ3n) is 5.88. The van der Waals surface area contributed by atoms with Crippen molar-refractivity contribution >= 4 is 23.0 Å². The van der Waals surface area contributed by atoms with Crippen LogP contribution in [0.5, 0.6) is 0 Å². The lowest BCUT2D eigenvalue weighted by atomic mass is 10.0. The number of amides is 1. The van der Waals surface area contributed by atoms with Gasteiger partial charge in [-0.15, -0.1) is 0 Å². The van der Waals surface area contributed by atoms with Gasteiger partial charge in [0.1, 0.15) is 16.9 Å². The number of hydroxylamine groups is 1. The van der Waals surface area contributed by atoms with Gasteiger partial charge in [-0.1, -0.05) is 25.1 Å². The number of hydrogen-bond donors (Lipinski definition) is 2. The highest BCUT2D eigenvalue weighted by molar-refractivity contribution is 5.91. The summed E-state index contributed by atoms with van der Waals surface area (Å²) in [4.78, 5) is 17.6. The molecule has 1 aromatic heterocycles. The third-order valence-corrected chi connectivity index (χ3v) is 5.88. The largest absolute Gasteiger partial charge is 0.317 e. The summed E-state index contributed by atoms with van der Waals surface area (Å²) in [5, 5.41) is 8.64. The summed E-state index contributed by atoms with van der Waals surface area (Å²) in [5.74, 6) is -7.36. The molecule has 174 valence electrons. The van der Waals surface area contributed by atoms with Gasteiger partial charge >= 0.3 is 0 Å². The van der Waals surface area contributed by atoms with E-state index in [1.165, 1.54) is 16.1 Å². The molecule has 0 radical (unpaired) electrons. The van der Waals surface area contributed by atoms with E-state index in [0.717, 1.165) is 25.6 Å². The van der Waals surface area contributed by atoms with Crippen LogP contribution < -0.4 is 5.48 Å². The number of nitrogens with zero attached hydrogens (tertiary/aromatic N) is 3. The first kappa shape index (κ1) is 22.9. The molecule has 1 atom stereocenters. The molecule has 1 aliphatic heterocycles. The van der Waals surface area contributed by atoms with Crippen LogP contribution in [-0.4, -0.2) is 45.2 Å². The summed E-state index contributed by atoms with van der Waals surface area (Å²) in [6, 6.07) is 6.28. The lowest BCUT2D eigenvalue weighted by Crippen LogP contribution is -2.36. The van der Waals surface area contributed by atoms with Crippen LogP contribution in [-0.2, 0) is 4.79 Å². The van der Waals surface area contributed by atoms with Crippen LogP contribution in [0.1, 0.15) is 31.4 Å². The molecule has 1 saturated heterocycles. The van der Waals surface area contributed by atoms with Crippen molar-refractivity contribution in [3.05, 3.63) is 59.2 Å². The molecule has 4 rings (SSSR count). The summed E-state index contributed by atoms with van der Waals surface area (Å²) in [7, 11) is 0. The van der Waals surface area contributed by atoms with Gasteiger partial charge in [-0.25, -0.2) is 28.0 Å². The summed E-state index contributed by atoms with van der Waals surface area (Å²) in [6.07, 6.45) is 3.96. The Hall–Kier alpha value is -3.24. The molecule has 3 aromatic rings. The van der Waals surface area contributed by atoms with Gasteiger partial charge in [-0.05, 0) is 43.6 Å². The third kappa shape index (κ3) is 4.23. The smallest absolute Gasteiger partial charge is 0.267 e. The van der Waals surface area contributed by atoms with E-state index < -0.39 is 40.2 Å². The molecule has 1 unspecified atom stereocenters. The van der Waals surface area contributed by atoms with Gasteiger partial charge in [0.2, 0.25) is 0 Å². The zero-order chi connectivity index (χ0) is 23.7. The molecule has 0 bridgehead atoms. The molecular weight excluding hydrogens is 440 g/mol. The number of rotatable bonds is 5. The molecule has 0 aliphatic carbocycles. The van der Waals surface area contributed by atoms with Gasteiger partial charge in [-0.2, -0.15) is 0 Å². The molecule has 6 nitrogen and oxygen atoms in total. The Kier molecular flexibility index (Phi) is 6.48. The number of imidazole rings is 1. The van der Waals surface area contributed by atoms with Crippen LogP contribution in [0, 0.1) is 23.3 Å². The summed E-state index contributed by atoms with van der Waals surface area (Å²) >= 11 is 0. The number of fused-ring (bicyclic) bond motifs is 1. The van der Waals surface area contributed by atoms with E-state index in [0.29, 0.717) is 24.1 Å². The van der Waals surface area contributed by atoms with Crippen molar-refractivity contribution in [2.45, 2.75) is 25.8 Å². The predicted octanol–water partition coefficient (Wildman–Crippen LogP) is 4.44. The Labute approximate surface area is 187 Å². The Morgan fingerprint density at radius 3 is 2.70 bits per heavy atom. The molecule has 1 amide bonds. The topological polar surface area (TPSA) is 70.4 Å². The van der Waals surface area contributed by atoms with Crippen LogP contribution >= 0.6 is 0 Å². The van der Waals surface area contributed by atoms with E-state index in [-0.39, 0.29) is 11.9 Å². The second kappa shape index (κ2) is 9.32. The molecule has 10 heteroatoms. The second-order valence-corrected chi connectivity index (χ2v) is 7.88. The minimum absolute atomic E-state index is 0.164. The zero-order valence-corrected chi connectivity index (χ0v) is 17.8. The Bertz CT molecular complexity index is 1240. The lowest BCUT2D eigenvalue weighted by molar-refractivity contribution is -0.124. The van der Waals surface area contributed by atoms with Crippen molar-refractivity contribution in [1.29, 1.82) is 0 Å². The van der Waals surface area contributed by atoms with E-state index in [4.69, 9.17) is 5.21 Å². The maximum atomic E-state index is 15.0. The lowest BCUT2D eigenvalue weighted by Gasteiger charge is -2.33. The maximum absolute atomic E-state index is 15.0. The number of benzene rings is 2. The molecule has 1 fully saturated rings. The average Bonchev–Trinajstić information content (AvgIpc) is 3.26. The van der Waals surface area contributed by atoms with Crippen molar-refractivity contribution in [1.82, 2.24) is 19.9 Å². The van der Waals surface area contributed by atoms with Crippen LogP contribution in [0.3, 0.4) is 0 Å². The first-order valence-electron chi connectivity index (χ1n) is 10.5. The normalized spacial score (nSPS) is 17.2. The molecule has 2 aromatic carbocycles. The van der Waals surface area contributed by atoms with Crippen molar-refractivity contribution < 1.29 is 27.6 Å². The quantitative estimate of drug-likeness (QED) is 0.147. The predicted molar refractivity (Wildman–Crippen MR) is 114 cm³/mol. The van der Waals surface area contributed by atoms with Gasteiger partial charge in [-0.3, -0.25) is 10.0 Å². The second-order valence-electron chi connectivity index (χ2n) is 7.88. The summed E-state index contributed by atoms with van der Waals surface area (Å²) < 4.78 is 59.2. The molecular formula is C23H22F4N4O2. The number of likely N-dealkylation sites (N-methyl/N-ethyl adjacent to an activating group) is 1. The van der Waals surface area contributed by atoms with Gasteiger partial charge in [0.25, 0.3) is 5.91 Å². The van der Waals surface area contributed by atoms with E-state index in [1.54, 1.807) is 24.3 Å². The number of halogens is 4. The molecule has 2 heterocycles. The molecule has 2 N–H and O–H groups in total. The number of nitrogens with one attached hydrogen (secondary N) is 1. The monoisotopic (exact) mass is 462 g/mol. The molecule has 33 heavy (non-hydrogen) atoms. The van der Waals surface area contributed by atoms with Gasteiger partial charge < -0.3 is 9.47 Å². The SMILES string of the molecule is CCN1CCCC(n2c(-c3cccc(/C=C/C(=O)NO)c3)nc3c(F)c(F)c(F)c(F)c32)C1. The first-order valence-corrected chi connectivity index (χ1v) is 10.5. The van der Waals surface area contributed by atoms with Gasteiger partial charge in [0, 0.05) is 24.2 Å². The molecule has 1 aliphatic rings. The zero-order valence-electron chi connectivity index (χ0n) is 17.8. The van der Waals surface area contributed by atoms with Crippen LogP contribution in [0.4, 0.5) is 17.6 Å². The Morgan fingerprint density at radius 1 is 1.21 bits per heavy atom. The average molecular weight is 462 g/mol. The standard InChI is InChI=1S/C23H22F4N4O2/c1-2-30-10-4-7-15(12-30)31-22-20(27)18(25)17(24)19(26)21(22)28-23(31)14-6-3-5-13(11-14)8-9-16(32)29-33/h3,5-6,8-9,11,15,33H,2,4,7,10,12H2,1H3,(H,29,32)/b9-8+. The van der Waals surface area contributed by atoms with E-state index >= 15 is 0 Å². The minimum Gasteiger partial charge on any atom is -0.317 e. The number of piperidine rings is 1. The Balaban J connectivity index is 1.93. The van der Waals surface area contributed by atoms with E-state index in [9.17, 15) is 22.4 Å². The van der Waals surface area contributed by atoms with Gasteiger partial charge in [0.05, 0.1) is 0 Å². The Morgan fingerprint density at radius 2 is 1.97 bits per heavy atom. The van der Waals surface area contributed by atoms with Crippen molar-refractivity contribution in [3.63, 3.8) is 0 Å².